The minimum Gasteiger partial charge on any atom is -0.462 e. The zero-order valence-corrected chi connectivity index (χ0v) is 13.1. The second-order valence-corrected chi connectivity index (χ2v) is 5.22. The lowest BCUT2D eigenvalue weighted by Crippen LogP contribution is -2.05. The fraction of sp³-hybridized carbons (Fsp3) is 0.312. The van der Waals surface area contributed by atoms with Gasteiger partial charge in [0.05, 0.1) is 23.4 Å². The molecule has 0 unspecified atom stereocenters. The molecule has 0 N–H and O–H groups in total. The molecule has 0 fully saturated rings. The first-order valence-corrected chi connectivity index (χ1v) is 7.18. The number of ether oxygens (including phenoxy) is 1. The topological polar surface area (TPSA) is 61.4 Å². The SMILES string of the molecule is CCOC(=O)c1c(C)c(-c2nn(C)cc2C)n2ncccc12. The highest BCUT2D eigenvalue weighted by Crippen LogP contribution is 2.31. The van der Waals surface area contributed by atoms with Crippen molar-refractivity contribution in [2.45, 2.75) is 20.8 Å². The minimum atomic E-state index is -0.328. The van der Waals surface area contributed by atoms with Gasteiger partial charge >= 0.3 is 5.97 Å². The summed E-state index contributed by atoms with van der Waals surface area (Å²) < 4.78 is 8.72. The van der Waals surface area contributed by atoms with Crippen molar-refractivity contribution in [3.63, 3.8) is 0 Å². The second-order valence-electron chi connectivity index (χ2n) is 5.22. The predicted octanol–water partition coefficient (Wildman–Crippen LogP) is 2.53. The quantitative estimate of drug-likeness (QED) is 0.697. The van der Waals surface area contributed by atoms with Gasteiger partial charge in [-0.1, -0.05) is 0 Å². The predicted molar refractivity (Wildman–Crippen MR) is 82.8 cm³/mol. The van der Waals surface area contributed by atoms with Gasteiger partial charge in [0.1, 0.15) is 5.69 Å². The molecule has 6 nitrogen and oxygen atoms in total. The first-order chi connectivity index (χ1) is 10.5. The number of hydrogen-bond acceptors (Lipinski definition) is 4. The molecule has 0 bridgehead atoms. The molecule has 6 heteroatoms. The first-order valence-electron chi connectivity index (χ1n) is 7.18. The molecule has 0 amide bonds. The number of aromatic nitrogens is 4. The lowest BCUT2D eigenvalue weighted by molar-refractivity contribution is 0.0528. The third-order valence-corrected chi connectivity index (χ3v) is 3.66. The first kappa shape index (κ1) is 14.3. The largest absolute Gasteiger partial charge is 0.462 e. The van der Waals surface area contributed by atoms with E-state index < -0.39 is 0 Å². The average molecular weight is 298 g/mol. The maximum Gasteiger partial charge on any atom is 0.340 e. The Morgan fingerprint density at radius 2 is 2.14 bits per heavy atom. The molecule has 3 rings (SSSR count). The average Bonchev–Trinajstić information content (AvgIpc) is 2.94. The summed E-state index contributed by atoms with van der Waals surface area (Å²) in [6, 6.07) is 3.68. The van der Waals surface area contributed by atoms with E-state index in [0.29, 0.717) is 12.2 Å². The monoisotopic (exact) mass is 298 g/mol. The van der Waals surface area contributed by atoms with Crippen molar-refractivity contribution in [1.29, 1.82) is 0 Å². The molecule has 0 radical (unpaired) electrons. The van der Waals surface area contributed by atoms with Crippen LogP contribution in [0.1, 0.15) is 28.4 Å². The van der Waals surface area contributed by atoms with Crippen LogP contribution in [0.15, 0.2) is 24.5 Å². The summed E-state index contributed by atoms with van der Waals surface area (Å²) in [5.74, 6) is -0.328. The van der Waals surface area contributed by atoms with E-state index in [-0.39, 0.29) is 5.97 Å². The maximum atomic E-state index is 12.3. The number of nitrogens with zero attached hydrogens (tertiary/aromatic N) is 4. The van der Waals surface area contributed by atoms with Crippen molar-refractivity contribution >= 4 is 11.5 Å². The van der Waals surface area contributed by atoms with Crippen LogP contribution >= 0.6 is 0 Å². The molecule has 3 aromatic rings. The smallest absolute Gasteiger partial charge is 0.340 e. The van der Waals surface area contributed by atoms with Crippen molar-refractivity contribution in [3.8, 4) is 11.4 Å². The van der Waals surface area contributed by atoms with Gasteiger partial charge < -0.3 is 4.74 Å². The summed E-state index contributed by atoms with van der Waals surface area (Å²) in [5.41, 5.74) is 4.81. The van der Waals surface area contributed by atoms with Gasteiger partial charge in [0.15, 0.2) is 0 Å². The second kappa shape index (κ2) is 5.29. The third kappa shape index (κ3) is 2.07. The zero-order chi connectivity index (χ0) is 15.9. The van der Waals surface area contributed by atoms with Crippen LogP contribution in [0, 0.1) is 13.8 Å². The number of carbonyl (C=O) groups excluding carboxylic acids is 1. The summed E-state index contributed by atoms with van der Waals surface area (Å²) >= 11 is 0. The Balaban J connectivity index is 2.34. The fourth-order valence-corrected chi connectivity index (χ4v) is 2.79. The number of carbonyl (C=O) groups is 1. The Labute approximate surface area is 128 Å². The van der Waals surface area contributed by atoms with Gasteiger partial charge in [0.2, 0.25) is 0 Å². The summed E-state index contributed by atoms with van der Waals surface area (Å²) in [4.78, 5) is 12.3. The molecule has 0 aliphatic rings. The van der Waals surface area contributed by atoms with E-state index in [2.05, 4.69) is 10.2 Å². The highest BCUT2D eigenvalue weighted by molar-refractivity contribution is 6.01. The molecule has 0 spiro atoms. The van der Waals surface area contributed by atoms with Gasteiger partial charge in [0.25, 0.3) is 0 Å². The molecule has 0 atom stereocenters. The van der Waals surface area contributed by atoms with E-state index in [9.17, 15) is 4.79 Å². The van der Waals surface area contributed by atoms with Crippen molar-refractivity contribution in [1.82, 2.24) is 19.4 Å². The van der Waals surface area contributed by atoms with Crippen molar-refractivity contribution in [2.75, 3.05) is 6.61 Å². The standard InChI is InChI=1S/C16H18N4O2/c1-5-22-16(21)13-11(3)15(14-10(2)9-19(4)18-14)20-12(13)7-6-8-17-20/h6-9H,5H2,1-4H3. The number of esters is 1. The number of hydrogen-bond donors (Lipinski definition) is 0. The van der Waals surface area contributed by atoms with Gasteiger partial charge in [0, 0.05) is 19.4 Å². The fourth-order valence-electron chi connectivity index (χ4n) is 2.79. The molecule has 0 aliphatic heterocycles. The van der Waals surface area contributed by atoms with Crippen molar-refractivity contribution < 1.29 is 9.53 Å². The summed E-state index contributed by atoms with van der Waals surface area (Å²) in [7, 11) is 1.88. The van der Waals surface area contributed by atoms with Gasteiger partial charge in [-0.25, -0.2) is 9.31 Å². The number of fused-ring (bicyclic) bond motifs is 1. The van der Waals surface area contributed by atoms with E-state index in [1.807, 2.05) is 39.2 Å². The van der Waals surface area contributed by atoms with Gasteiger partial charge in [-0.3, -0.25) is 4.68 Å². The molecule has 3 aromatic heterocycles. The van der Waals surface area contributed by atoms with Crippen molar-refractivity contribution in [3.05, 3.63) is 41.2 Å². The Hall–Kier alpha value is -2.63. The van der Waals surface area contributed by atoms with Crippen LogP contribution in [0.2, 0.25) is 0 Å². The zero-order valence-electron chi connectivity index (χ0n) is 13.1. The normalized spacial score (nSPS) is 11.1. The highest BCUT2D eigenvalue weighted by atomic mass is 16.5. The Morgan fingerprint density at radius 1 is 1.36 bits per heavy atom. The third-order valence-electron chi connectivity index (χ3n) is 3.66. The Bertz CT molecular complexity index is 861. The number of rotatable bonds is 3. The summed E-state index contributed by atoms with van der Waals surface area (Å²) in [6.45, 7) is 6.04. The van der Waals surface area contributed by atoms with Crippen LogP contribution in [0.5, 0.6) is 0 Å². The summed E-state index contributed by atoms with van der Waals surface area (Å²) in [6.07, 6.45) is 3.64. The molecule has 0 aliphatic carbocycles. The lowest BCUT2D eigenvalue weighted by Gasteiger charge is -2.01. The van der Waals surface area contributed by atoms with E-state index in [1.165, 1.54) is 0 Å². The Morgan fingerprint density at radius 3 is 2.77 bits per heavy atom. The van der Waals surface area contributed by atoms with Gasteiger partial charge in [-0.05, 0) is 44.0 Å². The van der Waals surface area contributed by atoms with E-state index in [0.717, 1.165) is 28.0 Å². The lowest BCUT2D eigenvalue weighted by atomic mass is 10.1. The number of aryl methyl sites for hydroxylation is 2. The van der Waals surface area contributed by atoms with Gasteiger partial charge in [-0.15, -0.1) is 0 Å². The molecule has 22 heavy (non-hydrogen) atoms. The van der Waals surface area contributed by atoms with Crippen LogP contribution in [-0.2, 0) is 11.8 Å². The maximum absolute atomic E-state index is 12.3. The van der Waals surface area contributed by atoms with E-state index in [1.54, 1.807) is 22.3 Å². The van der Waals surface area contributed by atoms with Gasteiger partial charge in [-0.2, -0.15) is 10.2 Å². The van der Waals surface area contributed by atoms with E-state index in [4.69, 9.17) is 4.74 Å². The van der Waals surface area contributed by atoms with Crippen LogP contribution in [0.25, 0.3) is 16.9 Å². The van der Waals surface area contributed by atoms with Crippen molar-refractivity contribution in [2.24, 2.45) is 7.05 Å². The molecular formula is C16H18N4O2. The van der Waals surface area contributed by atoms with E-state index >= 15 is 0 Å². The minimum absolute atomic E-state index is 0.328. The molecule has 0 aromatic carbocycles. The molecular weight excluding hydrogens is 280 g/mol. The molecule has 114 valence electrons. The summed E-state index contributed by atoms with van der Waals surface area (Å²) in [5, 5.41) is 8.91. The molecule has 0 saturated carbocycles. The molecule has 0 saturated heterocycles. The van der Waals surface area contributed by atoms with Crippen LogP contribution in [-0.4, -0.2) is 32.0 Å². The molecule has 3 heterocycles. The van der Waals surface area contributed by atoms with Crippen LogP contribution in [0.4, 0.5) is 0 Å². The highest BCUT2D eigenvalue weighted by Gasteiger charge is 2.25. The van der Waals surface area contributed by atoms with Crippen LogP contribution in [0.3, 0.4) is 0 Å². The van der Waals surface area contributed by atoms with Crippen LogP contribution < -0.4 is 0 Å². The Kier molecular flexibility index (Phi) is 3.44.